The van der Waals surface area contributed by atoms with E-state index >= 15 is 0 Å². The largest absolute Gasteiger partial charge is 0.457 e. The maximum Gasteiger partial charge on any atom is 0.250 e. The van der Waals surface area contributed by atoms with E-state index in [4.69, 9.17) is 44.3 Å². The van der Waals surface area contributed by atoms with Crippen LogP contribution < -0.4 is 10.6 Å². The summed E-state index contributed by atoms with van der Waals surface area (Å²) < 4.78 is 12.5. The fourth-order valence-electron chi connectivity index (χ4n) is 3.51. The molecule has 0 aliphatic rings. The van der Waals surface area contributed by atoms with Gasteiger partial charge >= 0.3 is 0 Å². The molecule has 1 amide bonds. The lowest BCUT2D eigenvalue weighted by Crippen LogP contribution is -2.32. The van der Waals surface area contributed by atoms with Crippen molar-refractivity contribution in [1.82, 2.24) is 10.3 Å². The highest BCUT2D eigenvalue weighted by molar-refractivity contribution is 9.10. The first-order valence-corrected chi connectivity index (χ1v) is 12.8. The molecule has 10 heteroatoms. The van der Waals surface area contributed by atoms with Gasteiger partial charge in [0.2, 0.25) is 11.8 Å². The van der Waals surface area contributed by atoms with Gasteiger partial charge in [-0.25, -0.2) is 4.98 Å². The van der Waals surface area contributed by atoms with E-state index in [2.05, 4.69) is 31.5 Å². The molecule has 0 saturated heterocycles. The molecule has 37 heavy (non-hydrogen) atoms. The summed E-state index contributed by atoms with van der Waals surface area (Å²) in [5, 5.41) is 6.55. The number of hydrogen-bond acceptors (Lipinski definition) is 5. The molecule has 0 aliphatic carbocycles. The van der Waals surface area contributed by atoms with Crippen molar-refractivity contribution in [2.45, 2.75) is 0 Å². The van der Waals surface area contributed by atoms with Gasteiger partial charge in [-0.1, -0.05) is 41.4 Å². The van der Waals surface area contributed by atoms with E-state index in [1.807, 2.05) is 24.3 Å². The van der Waals surface area contributed by atoms with Crippen molar-refractivity contribution in [3.8, 4) is 22.8 Å². The zero-order valence-corrected chi connectivity index (χ0v) is 22.7. The number of thiocarbonyl (C=S) groups is 1. The van der Waals surface area contributed by atoms with E-state index in [1.165, 1.54) is 12.2 Å². The van der Waals surface area contributed by atoms with Crippen LogP contribution in [0.1, 0.15) is 5.76 Å². The first-order valence-electron chi connectivity index (χ1n) is 10.9. The van der Waals surface area contributed by atoms with Gasteiger partial charge in [-0.2, -0.15) is 0 Å². The first-order chi connectivity index (χ1) is 17.9. The number of rotatable bonds is 5. The van der Waals surface area contributed by atoms with Crippen LogP contribution in [0.5, 0.6) is 0 Å². The Bertz CT molecular complexity index is 1680. The third-order valence-corrected chi connectivity index (χ3v) is 6.94. The zero-order valence-electron chi connectivity index (χ0n) is 18.8. The predicted octanol–water partition coefficient (Wildman–Crippen LogP) is 8.35. The summed E-state index contributed by atoms with van der Waals surface area (Å²) in [6, 6.07) is 21.8. The molecule has 2 aromatic heterocycles. The number of carbonyl (C=O) groups is 1. The molecule has 0 saturated carbocycles. The molecule has 6 nitrogen and oxygen atoms in total. The van der Waals surface area contributed by atoms with Crippen LogP contribution in [0, 0.1) is 0 Å². The summed E-state index contributed by atoms with van der Waals surface area (Å²) in [7, 11) is 0. The van der Waals surface area contributed by atoms with Crippen LogP contribution in [-0.2, 0) is 4.79 Å². The highest BCUT2D eigenvalue weighted by atomic mass is 79.9. The molecule has 184 valence electrons. The van der Waals surface area contributed by atoms with Crippen molar-refractivity contribution in [3.63, 3.8) is 0 Å². The van der Waals surface area contributed by atoms with E-state index in [0.717, 1.165) is 10.0 Å². The van der Waals surface area contributed by atoms with Gasteiger partial charge in [0.15, 0.2) is 10.7 Å². The smallest absolute Gasteiger partial charge is 0.250 e. The SMILES string of the molecule is O=C(C=Cc1ccc(-c2cccc(Cl)c2Cl)o1)NC(=S)Nc1ccc2oc(-c3ccccc3Br)nc2c1. The summed E-state index contributed by atoms with van der Waals surface area (Å²) in [6.07, 6.45) is 2.85. The second-order valence-electron chi connectivity index (χ2n) is 7.76. The lowest BCUT2D eigenvalue weighted by atomic mass is 10.2. The third kappa shape index (κ3) is 5.78. The molecule has 0 unspecified atom stereocenters. The zero-order chi connectivity index (χ0) is 25.9. The Morgan fingerprint density at radius 2 is 1.78 bits per heavy atom. The van der Waals surface area contributed by atoms with E-state index in [1.54, 1.807) is 48.5 Å². The average molecular weight is 613 g/mol. The molecule has 0 fully saturated rings. The Balaban J connectivity index is 1.22. The number of anilines is 1. The average Bonchev–Trinajstić information content (AvgIpc) is 3.51. The maximum absolute atomic E-state index is 12.4. The molecule has 0 bridgehead atoms. The Morgan fingerprint density at radius 3 is 2.62 bits per heavy atom. The van der Waals surface area contributed by atoms with Crippen molar-refractivity contribution < 1.29 is 13.6 Å². The van der Waals surface area contributed by atoms with E-state index in [9.17, 15) is 4.79 Å². The van der Waals surface area contributed by atoms with Gasteiger partial charge in [0.1, 0.15) is 17.0 Å². The van der Waals surface area contributed by atoms with Gasteiger partial charge in [-0.15, -0.1) is 0 Å². The fourth-order valence-corrected chi connectivity index (χ4v) is 4.58. The molecule has 0 spiro atoms. The minimum Gasteiger partial charge on any atom is -0.457 e. The lowest BCUT2D eigenvalue weighted by Gasteiger charge is -2.07. The molecule has 2 heterocycles. The van der Waals surface area contributed by atoms with Crippen LogP contribution in [-0.4, -0.2) is 16.0 Å². The number of furan rings is 1. The van der Waals surface area contributed by atoms with Crippen molar-refractivity contribution in [2.24, 2.45) is 0 Å². The second kappa shape index (κ2) is 10.9. The van der Waals surface area contributed by atoms with Crippen molar-refractivity contribution in [2.75, 3.05) is 5.32 Å². The highest BCUT2D eigenvalue weighted by Gasteiger charge is 2.13. The third-order valence-electron chi connectivity index (χ3n) is 5.23. The van der Waals surface area contributed by atoms with Crippen molar-refractivity contribution >= 4 is 85.2 Å². The number of nitrogens with one attached hydrogen (secondary N) is 2. The van der Waals surface area contributed by atoms with Gasteiger partial charge in [-0.3, -0.25) is 10.1 Å². The molecular weight excluding hydrogens is 597 g/mol. The van der Waals surface area contributed by atoms with Gasteiger partial charge in [0.05, 0.1) is 15.6 Å². The van der Waals surface area contributed by atoms with E-state index in [-0.39, 0.29) is 5.11 Å². The topological polar surface area (TPSA) is 80.3 Å². The summed E-state index contributed by atoms with van der Waals surface area (Å²) in [6.45, 7) is 0. The monoisotopic (exact) mass is 611 g/mol. The number of hydrogen-bond donors (Lipinski definition) is 2. The Kier molecular flexibility index (Phi) is 7.43. The number of benzene rings is 3. The number of oxazole rings is 1. The second-order valence-corrected chi connectivity index (χ2v) is 9.81. The summed E-state index contributed by atoms with van der Waals surface area (Å²) in [4.78, 5) is 16.9. The fraction of sp³-hybridized carbons (Fsp3) is 0. The lowest BCUT2D eigenvalue weighted by molar-refractivity contribution is -0.115. The number of carbonyl (C=O) groups excluding carboxylic acids is 1. The van der Waals surface area contributed by atoms with Crippen LogP contribution in [0.2, 0.25) is 10.0 Å². The number of nitrogens with zero attached hydrogens (tertiary/aromatic N) is 1. The summed E-state index contributed by atoms with van der Waals surface area (Å²) in [5.41, 5.74) is 3.45. The van der Waals surface area contributed by atoms with Crippen LogP contribution in [0.3, 0.4) is 0 Å². The molecule has 5 rings (SSSR count). The van der Waals surface area contributed by atoms with Gasteiger partial charge < -0.3 is 14.2 Å². The van der Waals surface area contributed by atoms with E-state index < -0.39 is 5.91 Å². The molecule has 3 aromatic carbocycles. The number of halogens is 3. The van der Waals surface area contributed by atoms with Gasteiger partial charge in [0, 0.05) is 21.8 Å². The number of aromatic nitrogens is 1. The van der Waals surface area contributed by atoms with Gasteiger partial charge in [0.25, 0.3) is 0 Å². The van der Waals surface area contributed by atoms with Gasteiger partial charge in [-0.05, 0) is 88.8 Å². The molecule has 5 aromatic rings. The Hall–Kier alpha value is -3.43. The van der Waals surface area contributed by atoms with Crippen molar-refractivity contribution in [1.29, 1.82) is 0 Å². The first kappa shape index (κ1) is 25.2. The molecule has 2 N–H and O–H groups in total. The quantitative estimate of drug-likeness (QED) is 0.153. The van der Waals surface area contributed by atoms with Crippen molar-refractivity contribution in [3.05, 3.63) is 99.2 Å². The number of amides is 1. The molecule has 0 atom stereocenters. The minimum absolute atomic E-state index is 0.134. The Morgan fingerprint density at radius 1 is 0.973 bits per heavy atom. The van der Waals surface area contributed by atoms with Crippen LogP contribution >= 0.6 is 51.3 Å². The Labute approximate surface area is 235 Å². The number of fused-ring (bicyclic) bond motifs is 1. The van der Waals surface area contributed by atoms with Crippen LogP contribution in [0.15, 0.2) is 92.2 Å². The predicted molar refractivity (Wildman–Crippen MR) is 155 cm³/mol. The standard InChI is InChI=1S/C27H16BrCl2N3O3S/c28-19-6-2-1-4-17(19)26-32-21-14-15(8-11-23(21)36-26)31-27(37)33-24(34)13-10-16-9-12-22(35-16)18-5-3-7-20(29)25(18)30/h1-14H,(H2,31,33,34,37). The molecular formula is C27H16BrCl2N3O3S. The van der Waals surface area contributed by atoms with E-state index in [0.29, 0.717) is 49.8 Å². The molecule has 0 aliphatic heterocycles. The molecule has 0 radical (unpaired) electrons. The highest BCUT2D eigenvalue weighted by Crippen LogP contribution is 2.34. The summed E-state index contributed by atoms with van der Waals surface area (Å²) >= 11 is 21.1. The van der Waals surface area contributed by atoms with Crippen LogP contribution in [0.25, 0.3) is 40.0 Å². The minimum atomic E-state index is -0.421. The maximum atomic E-state index is 12.4. The summed E-state index contributed by atoms with van der Waals surface area (Å²) in [5.74, 6) is 1.09. The van der Waals surface area contributed by atoms with Crippen LogP contribution in [0.4, 0.5) is 5.69 Å². The normalized spacial score (nSPS) is 11.2.